The molecule has 0 aromatic carbocycles. The minimum Gasteiger partial charge on any atom is -0.371 e. The molecule has 0 bridgehead atoms. The smallest absolute Gasteiger partial charge is 0.0709 e. The second kappa shape index (κ2) is 3.35. The lowest BCUT2D eigenvalue weighted by Crippen LogP contribution is -2.53. The fourth-order valence-electron chi connectivity index (χ4n) is 1.77. The molecule has 0 unspecified atom stereocenters. The zero-order valence-corrected chi connectivity index (χ0v) is 8.92. The van der Waals surface area contributed by atoms with Gasteiger partial charge in [-0.3, -0.25) is 0 Å². The molecule has 0 radical (unpaired) electrons. The van der Waals surface area contributed by atoms with Crippen LogP contribution in [0, 0.1) is 0 Å². The summed E-state index contributed by atoms with van der Waals surface area (Å²) < 4.78 is 5.87. The van der Waals surface area contributed by atoms with Gasteiger partial charge in [-0.2, -0.15) is 0 Å². The lowest BCUT2D eigenvalue weighted by Gasteiger charge is -2.43. The van der Waals surface area contributed by atoms with Gasteiger partial charge in [0, 0.05) is 6.04 Å². The molecule has 2 heteroatoms. The first-order valence-electron chi connectivity index (χ1n) is 4.78. The van der Waals surface area contributed by atoms with Crippen molar-refractivity contribution in [3.63, 3.8) is 0 Å². The Bertz CT molecular complexity index is 150. The Balaban J connectivity index is 2.33. The lowest BCUT2D eigenvalue weighted by molar-refractivity contribution is -0.105. The molecule has 1 saturated heterocycles. The summed E-state index contributed by atoms with van der Waals surface area (Å²) in [6.45, 7) is 9.74. The molecule has 0 aromatic rings. The Morgan fingerprint density at radius 3 is 2.25 bits per heavy atom. The first-order chi connectivity index (χ1) is 5.40. The van der Waals surface area contributed by atoms with Crippen LogP contribution in [-0.4, -0.2) is 36.2 Å². The molecular formula is C10H21NO. The van der Waals surface area contributed by atoms with Gasteiger partial charge in [-0.25, -0.2) is 0 Å². The van der Waals surface area contributed by atoms with Crippen LogP contribution in [0.15, 0.2) is 0 Å². The molecule has 2 atom stereocenters. The molecule has 0 amide bonds. The van der Waals surface area contributed by atoms with Crippen LogP contribution < -0.4 is 0 Å². The van der Waals surface area contributed by atoms with Gasteiger partial charge in [0.15, 0.2) is 0 Å². The number of likely N-dealkylation sites (N-methyl/N-ethyl adjacent to an activating group) is 1. The number of hydrogen-bond donors (Lipinski definition) is 0. The molecule has 0 spiro atoms. The standard InChI is InChI=1S/C10H21NO/c1-8(12-10(2,3)4)9-6-7-11(9)5/h8-9H,6-7H2,1-5H3/t8-,9-/m0/s1. The maximum atomic E-state index is 5.87. The Hall–Kier alpha value is -0.0800. The highest BCUT2D eigenvalue weighted by Gasteiger charge is 2.32. The second-order valence-corrected chi connectivity index (χ2v) is 4.77. The highest BCUT2D eigenvalue weighted by molar-refractivity contribution is 4.85. The summed E-state index contributed by atoms with van der Waals surface area (Å²) in [4.78, 5) is 2.36. The molecule has 72 valence electrons. The lowest BCUT2D eigenvalue weighted by atomic mass is 9.98. The molecule has 0 aliphatic carbocycles. The highest BCUT2D eigenvalue weighted by atomic mass is 16.5. The molecule has 1 aliphatic heterocycles. The number of hydrogen-bond acceptors (Lipinski definition) is 2. The van der Waals surface area contributed by atoms with Crippen molar-refractivity contribution in [1.29, 1.82) is 0 Å². The Morgan fingerprint density at radius 2 is 2.00 bits per heavy atom. The normalized spacial score (nSPS) is 28.2. The summed E-state index contributed by atoms with van der Waals surface area (Å²) in [6, 6.07) is 0.643. The first-order valence-corrected chi connectivity index (χ1v) is 4.78. The van der Waals surface area contributed by atoms with E-state index in [1.54, 1.807) is 0 Å². The third kappa shape index (κ3) is 2.46. The SMILES string of the molecule is C[C@H](OC(C)(C)C)[C@@H]1CCN1C. The molecule has 1 fully saturated rings. The van der Waals surface area contributed by atoms with Crippen LogP contribution in [0.5, 0.6) is 0 Å². The average Bonchev–Trinajstić information content (AvgIpc) is 1.79. The van der Waals surface area contributed by atoms with Crippen molar-refractivity contribution in [1.82, 2.24) is 4.90 Å². The zero-order valence-electron chi connectivity index (χ0n) is 8.92. The van der Waals surface area contributed by atoms with Crippen LogP contribution in [0.2, 0.25) is 0 Å². The summed E-state index contributed by atoms with van der Waals surface area (Å²) in [5, 5.41) is 0. The van der Waals surface area contributed by atoms with Crippen molar-refractivity contribution < 1.29 is 4.74 Å². The van der Waals surface area contributed by atoms with E-state index in [4.69, 9.17) is 4.74 Å². The van der Waals surface area contributed by atoms with Crippen molar-refractivity contribution in [2.24, 2.45) is 0 Å². The van der Waals surface area contributed by atoms with E-state index < -0.39 is 0 Å². The number of nitrogens with zero attached hydrogens (tertiary/aromatic N) is 1. The third-order valence-corrected chi connectivity index (χ3v) is 2.43. The quantitative estimate of drug-likeness (QED) is 0.629. The Morgan fingerprint density at radius 1 is 1.42 bits per heavy atom. The molecule has 0 saturated carbocycles. The summed E-state index contributed by atoms with van der Waals surface area (Å²) in [7, 11) is 2.16. The van der Waals surface area contributed by atoms with Crippen molar-refractivity contribution in [3.05, 3.63) is 0 Å². The molecular weight excluding hydrogens is 150 g/mol. The minimum atomic E-state index is -0.00412. The van der Waals surface area contributed by atoms with Crippen molar-refractivity contribution >= 4 is 0 Å². The van der Waals surface area contributed by atoms with Gasteiger partial charge in [0.05, 0.1) is 11.7 Å². The van der Waals surface area contributed by atoms with Crippen LogP contribution >= 0.6 is 0 Å². The number of ether oxygens (including phenoxy) is 1. The van der Waals surface area contributed by atoms with E-state index in [1.807, 2.05) is 0 Å². The third-order valence-electron chi connectivity index (χ3n) is 2.43. The number of likely N-dealkylation sites (tertiary alicyclic amines) is 1. The molecule has 0 N–H and O–H groups in total. The fraction of sp³-hybridized carbons (Fsp3) is 1.00. The predicted octanol–water partition coefficient (Wildman–Crippen LogP) is 1.89. The van der Waals surface area contributed by atoms with E-state index >= 15 is 0 Å². The van der Waals surface area contributed by atoms with E-state index in [1.165, 1.54) is 13.0 Å². The maximum absolute atomic E-state index is 5.87. The van der Waals surface area contributed by atoms with Gasteiger partial charge in [-0.05, 0) is 47.7 Å². The molecule has 12 heavy (non-hydrogen) atoms. The van der Waals surface area contributed by atoms with Crippen molar-refractivity contribution in [2.45, 2.75) is 51.9 Å². The molecule has 1 aliphatic rings. The predicted molar refractivity (Wildman–Crippen MR) is 51.3 cm³/mol. The summed E-state index contributed by atoms with van der Waals surface area (Å²) >= 11 is 0. The summed E-state index contributed by atoms with van der Waals surface area (Å²) in [5.41, 5.74) is -0.00412. The molecule has 2 nitrogen and oxygen atoms in total. The van der Waals surface area contributed by atoms with Crippen molar-refractivity contribution in [3.8, 4) is 0 Å². The van der Waals surface area contributed by atoms with Gasteiger partial charge in [0.1, 0.15) is 0 Å². The molecule has 0 aromatic heterocycles. The molecule has 1 rings (SSSR count). The topological polar surface area (TPSA) is 12.5 Å². The van der Waals surface area contributed by atoms with Crippen molar-refractivity contribution in [2.75, 3.05) is 13.6 Å². The van der Waals surface area contributed by atoms with Gasteiger partial charge in [-0.15, -0.1) is 0 Å². The second-order valence-electron chi connectivity index (χ2n) is 4.77. The van der Waals surface area contributed by atoms with Gasteiger partial charge < -0.3 is 9.64 Å². The summed E-state index contributed by atoms with van der Waals surface area (Å²) in [5.74, 6) is 0. The van der Waals surface area contributed by atoms with Crippen LogP contribution in [0.25, 0.3) is 0 Å². The van der Waals surface area contributed by atoms with Gasteiger partial charge in [0.2, 0.25) is 0 Å². The molecule has 1 heterocycles. The van der Waals surface area contributed by atoms with Crippen LogP contribution in [0.3, 0.4) is 0 Å². The van der Waals surface area contributed by atoms with E-state index in [2.05, 4.69) is 39.6 Å². The summed E-state index contributed by atoms with van der Waals surface area (Å²) in [6.07, 6.45) is 1.65. The van der Waals surface area contributed by atoms with E-state index in [-0.39, 0.29) is 5.60 Å². The van der Waals surface area contributed by atoms with E-state index in [0.29, 0.717) is 12.1 Å². The monoisotopic (exact) mass is 171 g/mol. The van der Waals surface area contributed by atoms with E-state index in [0.717, 1.165) is 0 Å². The fourth-order valence-corrected chi connectivity index (χ4v) is 1.77. The van der Waals surface area contributed by atoms with Crippen LogP contribution in [-0.2, 0) is 4.74 Å². The first kappa shape index (κ1) is 10.0. The maximum Gasteiger partial charge on any atom is 0.0709 e. The Labute approximate surface area is 75.9 Å². The van der Waals surface area contributed by atoms with E-state index in [9.17, 15) is 0 Å². The largest absolute Gasteiger partial charge is 0.371 e. The van der Waals surface area contributed by atoms with Gasteiger partial charge in [-0.1, -0.05) is 0 Å². The highest BCUT2D eigenvalue weighted by Crippen LogP contribution is 2.23. The minimum absolute atomic E-state index is 0.00412. The van der Waals surface area contributed by atoms with Gasteiger partial charge >= 0.3 is 0 Å². The van der Waals surface area contributed by atoms with Gasteiger partial charge in [0.25, 0.3) is 0 Å². The average molecular weight is 171 g/mol. The zero-order chi connectivity index (χ0) is 9.35. The number of rotatable bonds is 2. The Kier molecular flexibility index (Phi) is 2.79. The van der Waals surface area contributed by atoms with Crippen LogP contribution in [0.4, 0.5) is 0 Å². The van der Waals surface area contributed by atoms with Crippen LogP contribution in [0.1, 0.15) is 34.1 Å².